The topological polar surface area (TPSA) is 67.6 Å². The zero-order chi connectivity index (χ0) is 14.0. The van der Waals surface area contributed by atoms with Crippen molar-refractivity contribution in [1.82, 2.24) is 10.2 Å². The molecule has 2 unspecified atom stereocenters. The number of ether oxygens (including phenoxy) is 1. The molecule has 0 spiro atoms. The highest BCUT2D eigenvalue weighted by Crippen LogP contribution is 2.49. The first-order valence-corrected chi connectivity index (χ1v) is 6.59. The van der Waals surface area contributed by atoms with Crippen molar-refractivity contribution in [2.45, 2.75) is 38.8 Å². The molecule has 1 aliphatic carbocycles. The number of amides is 1. The van der Waals surface area contributed by atoms with Crippen molar-refractivity contribution in [1.29, 1.82) is 0 Å². The predicted octanol–water partition coefficient (Wildman–Crippen LogP) is 0.619. The van der Waals surface area contributed by atoms with Gasteiger partial charge in [-0.3, -0.25) is 4.79 Å². The van der Waals surface area contributed by atoms with Gasteiger partial charge in [0.15, 0.2) is 0 Å². The smallest absolute Gasteiger partial charge is 0.240 e. The molecule has 0 heterocycles. The van der Waals surface area contributed by atoms with E-state index in [0.29, 0.717) is 19.6 Å². The Balaban J connectivity index is 0.00000324. The summed E-state index contributed by atoms with van der Waals surface area (Å²) in [5.41, 5.74) is 5.14. The number of carbonyl (C=O) groups excluding carboxylic acids is 1. The first-order chi connectivity index (χ1) is 8.25. The number of halogens is 1. The first-order valence-electron chi connectivity index (χ1n) is 6.59. The molecular weight excluding hydrogens is 266 g/mol. The minimum Gasteiger partial charge on any atom is -0.378 e. The van der Waals surface area contributed by atoms with Crippen molar-refractivity contribution in [3.05, 3.63) is 0 Å². The quantitative estimate of drug-likeness (QED) is 0.753. The molecule has 6 heteroatoms. The largest absolute Gasteiger partial charge is 0.378 e. The van der Waals surface area contributed by atoms with E-state index in [2.05, 4.69) is 5.32 Å². The van der Waals surface area contributed by atoms with E-state index in [9.17, 15) is 4.79 Å². The lowest BCUT2D eigenvalue weighted by molar-refractivity contribution is -0.170. The molecule has 1 fully saturated rings. The highest BCUT2D eigenvalue weighted by molar-refractivity contribution is 5.88. The third-order valence-corrected chi connectivity index (χ3v) is 4.08. The summed E-state index contributed by atoms with van der Waals surface area (Å²) in [6.07, 6.45) is 0.675. The molecule has 1 saturated carbocycles. The molecule has 0 aromatic rings. The van der Waals surface area contributed by atoms with Crippen LogP contribution in [0.4, 0.5) is 0 Å². The SMILES string of the molecule is CCOC1CC(N)(C(=O)NCCN(C)C)C1(C)C.Cl. The van der Waals surface area contributed by atoms with Crippen LogP contribution in [0.1, 0.15) is 27.2 Å². The Hall–Kier alpha value is -0.360. The van der Waals surface area contributed by atoms with Gasteiger partial charge in [0.2, 0.25) is 5.91 Å². The van der Waals surface area contributed by atoms with E-state index in [0.717, 1.165) is 6.54 Å². The summed E-state index contributed by atoms with van der Waals surface area (Å²) < 4.78 is 5.61. The highest BCUT2D eigenvalue weighted by atomic mass is 35.5. The average Bonchev–Trinajstić information content (AvgIpc) is 2.27. The van der Waals surface area contributed by atoms with Crippen molar-refractivity contribution in [3.63, 3.8) is 0 Å². The Morgan fingerprint density at radius 1 is 1.47 bits per heavy atom. The lowest BCUT2D eigenvalue weighted by atomic mass is 9.54. The average molecular weight is 294 g/mol. The number of likely N-dealkylation sites (N-methyl/N-ethyl adjacent to an activating group) is 1. The Kier molecular flexibility index (Phi) is 6.75. The first kappa shape index (κ1) is 18.6. The van der Waals surface area contributed by atoms with Gasteiger partial charge in [0.25, 0.3) is 0 Å². The van der Waals surface area contributed by atoms with E-state index in [1.54, 1.807) is 0 Å². The summed E-state index contributed by atoms with van der Waals surface area (Å²) >= 11 is 0. The van der Waals surface area contributed by atoms with Gasteiger partial charge in [-0.25, -0.2) is 0 Å². The van der Waals surface area contributed by atoms with Gasteiger partial charge in [0, 0.05) is 31.5 Å². The number of nitrogens with one attached hydrogen (secondary N) is 1. The van der Waals surface area contributed by atoms with E-state index in [-0.39, 0.29) is 29.8 Å². The third kappa shape index (κ3) is 3.60. The highest BCUT2D eigenvalue weighted by Gasteiger charge is 2.62. The summed E-state index contributed by atoms with van der Waals surface area (Å²) in [5.74, 6) is -0.0645. The van der Waals surface area contributed by atoms with Gasteiger partial charge in [-0.05, 0) is 21.0 Å². The second kappa shape index (κ2) is 6.88. The van der Waals surface area contributed by atoms with Crippen LogP contribution < -0.4 is 11.1 Å². The van der Waals surface area contributed by atoms with E-state index in [1.807, 2.05) is 39.8 Å². The van der Waals surface area contributed by atoms with Crippen molar-refractivity contribution >= 4 is 18.3 Å². The fraction of sp³-hybridized carbons (Fsp3) is 0.923. The van der Waals surface area contributed by atoms with Crippen LogP contribution in [0.3, 0.4) is 0 Å². The molecular formula is C13H28ClN3O2. The summed E-state index contributed by atoms with van der Waals surface area (Å²) in [7, 11) is 3.95. The third-order valence-electron chi connectivity index (χ3n) is 4.08. The second-order valence-electron chi connectivity index (χ2n) is 5.90. The molecule has 5 nitrogen and oxygen atoms in total. The molecule has 1 amide bonds. The van der Waals surface area contributed by atoms with E-state index >= 15 is 0 Å². The molecule has 19 heavy (non-hydrogen) atoms. The molecule has 0 aromatic carbocycles. The Labute approximate surface area is 122 Å². The Morgan fingerprint density at radius 3 is 2.47 bits per heavy atom. The van der Waals surface area contributed by atoms with Gasteiger partial charge in [0.05, 0.1) is 6.10 Å². The standard InChI is InChI=1S/C13H27N3O2.ClH/c1-6-18-10-9-13(14,12(10,2)3)11(17)15-7-8-16(4)5;/h10H,6-9,14H2,1-5H3,(H,15,17);1H. The summed E-state index contributed by atoms with van der Waals surface area (Å²) in [4.78, 5) is 14.2. The molecule has 0 aliphatic heterocycles. The van der Waals surface area contributed by atoms with Crippen molar-refractivity contribution < 1.29 is 9.53 Å². The lowest BCUT2D eigenvalue weighted by Gasteiger charge is -2.57. The van der Waals surface area contributed by atoms with Gasteiger partial charge in [-0.1, -0.05) is 13.8 Å². The van der Waals surface area contributed by atoms with Crippen molar-refractivity contribution in [2.24, 2.45) is 11.1 Å². The molecule has 1 aliphatic rings. The van der Waals surface area contributed by atoms with Crippen LogP contribution >= 0.6 is 12.4 Å². The van der Waals surface area contributed by atoms with Gasteiger partial charge in [0.1, 0.15) is 5.54 Å². The molecule has 0 radical (unpaired) electrons. The number of carbonyl (C=O) groups is 1. The normalized spacial score (nSPS) is 28.5. The number of hydrogen-bond acceptors (Lipinski definition) is 4. The van der Waals surface area contributed by atoms with Crippen LogP contribution in [0.15, 0.2) is 0 Å². The minimum absolute atomic E-state index is 0. The number of nitrogens with zero attached hydrogens (tertiary/aromatic N) is 1. The van der Waals surface area contributed by atoms with Crippen LogP contribution in [-0.2, 0) is 9.53 Å². The molecule has 0 bridgehead atoms. The summed E-state index contributed by atoms with van der Waals surface area (Å²) in [5, 5.41) is 2.91. The molecule has 0 aromatic heterocycles. The van der Waals surface area contributed by atoms with Crippen LogP contribution in [0, 0.1) is 5.41 Å². The van der Waals surface area contributed by atoms with Gasteiger partial charge in [-0.2, -0.15) is 0 Å². The maximum absolute atomic E-state index is 12.2. The van der Waals surface area contributed by atoms with E-state index in [4.69, 9.17) is 10.5 Å². The molecule has 114 valence electrons. The maximum Gasteiger partial charge on any atom is 0.240 e. The second-order valence-corrected chi connectivity index (χ2v) is 5.90. The number of hydrogen-bond donors (Lipinski definition) is 2. The Morgan fingerprint density at radius 2 is 2.05 bits per heavy atom. The van der Waals surface area contributed by atoms with Crippen LogP contribution in [0.2, 0.25) is 0 Å². The predicted molar refractivity (Wildman–Crippen MR) is 79.5 cm³/mol. The monoisotopic (exact) mass is 293 g/mol. The molecule has 3 N–H and O–H groups in total. The van der Waals surface area contributed by atoms with Gasteiger partial charge in [-0.15, -0.1) is 12.4 Å². The van der Waals surface area contributed by atoms with Crippen molar-refractivity contribution in [3.8, 4) is 0 Å². The fourth-order valence-electron chi connectivity index (χ4n) is 2.37. The zero-order valence-corrected chi connectivity index (χ0v) is 13.5. The molecule has 0 saturated heterocycles. The van der Waals surface area contributed by atoms with Crippen LogP contribution in [-0.4, -0.2) is 56.2 Å². The summed E-state index contributed by atoms with van der Waals surface area (Å²) in [6.45, 7) is 8.07. The van der Waals surface area contributed by atoms with E-state index in [1.165, 1.54) is 0 Å². The van der Waals surface area contributed by atoms with Gasteiger partial charge < -0.3 is 20.7 Å². The van der Waals surface area contributed by atoms with E-state index < -0.39 is 5.54 Å². The maximum atomic E-state index is 12.2. The minimum atomic E-state index is -0.806. The number of nitrogens with two attached hydrogens (primary N) is 1. The van der Waals surface area contributed by atoms with Crippen LogP contribution in [0.5, 0.6) is 0 Å². The van der Waals surface area contributed by atoms with Crippen molar-refractivity contribution in [2.75, 3.05) is 33.8 Å². The lowest BCUT2D eigenvalue weighted by Crippen LogP contribution is -2.75. The molecule has 1 rings (SSSR count). The Bertz CT molecular complexity index is 310. The zero-order valence-electron chi connectivity index (χ0n) is 12.7. The molecule has 2 atom stereocenters. The van der Waals surface area contributed by atoms with Crippen LogP contribution in [0.25, 0.3) is 0 Å². The summed E-state index contributed by atoms with van der Waals surface area (Å²) in [6, 6.07) is 0. The number of rotatable bonds is 6. The fourth-order valence-corrected chi connectivity index (χ4v) is 2.37. The van der Waals surface area contributed by atoms with Gasteiger partial charge >= 0.3 is 0 Å².